The number of oxime groups is 1. The minimum atomic E-state index is -0.484. The lowest BCUT2D eigenvalue weighted by Crippen LogP contribution is -2.37. The Morgan fingerprint density at radius 2 is 1.92 bits per heavy atom. The first-order chi connectivity index (χ1) is 17.5. The van der Waals surface area contributed by atoms with E-state index in [4.69, 9.17) is 9.94 Å². The Hall–Kier alpha value is -3.27. The minimum Gasteiger partial charge on any atom is -0.396 e. The van der Waals surface area contributed by atoms with E-state index >= 15 is 0 Å². The number of nitrogens with one attached hydrogen (secondary N) is 2. The van der Waals surface area contributed by atoms with Crippen molar-refractivity contribution >= 4 is 23.4 Å². The van der Waals surface area contributed by atoms with Crippen LogP contribution in [0.2, 0.25) is 0 Å². The lowest BCUT2D eigenvalue weighted by Gasteiger charge is -2.31. The van der Waals surface area contributed by atoms with Crippen LogP contribution in [0.25, 0.3) is 0 Å². The highest BCUT2D eigenvalue weighted by Gasteiger charge is 2.24. The Balaban J connectivity index is 1.20. The largest absolute Gasteiger partial charge is 0.396 e. The number of halogens is 1. The van der Waals surface area contributed by atoms with Crippen molar-refractivity contribution in [2.45, 2.75) is 63.9 Å². The summed E-state index contributed by atoms with van der Waals surface area (Å²) >= 11 is 0. The zero-order valence-corrected chi connectivity index (χ0v) is 20.8. The molecular formula is C26H35FN6O3. The van der Waals surface area contributed by atoms with E-state index in [0.717, 1.165) is 74.4 Å². The van der Waals surface area contributed by atoms with E-state index in [1.165, 1.54) is 6.07 Å². The summed E-state index contributed by atoms with van der Waals surface area (Å²) in [5.41, 5.74) is 3.20. The van der Waals surface area contributed by atoms with E-state index in [1.807, 2.05) is 25.4 Å². The first-order valence-electron chi connectivity index (χ1n) is 12.7. The zero-order valence-electron chi connectivity index (χ0n) is 20.8. The second-order valence-electron chi connectivity index (χ2n) is 9.48. The number of hydrogen-bond acceptors (Lipinski definition) is 7. The number of benzene rings is 1. The van der Waals surface area contributed by atoms with Gasteiger partial charge in [-0.25, -0.2) is 19.2 Å². The average Bonchev–Trinajstić information content (AvgIpc) is 2.90. The molecular weight excluding hydrogens is 463 g/mol. The monoisotopic (exact) mass is 498 g/mol. The topological polar surface area (TPSA) is 112 Å². The average molecular weight is 499 g/mol. The maximum atomic E-state index is 14.6. The van der Waals surface area contributed by atoms with Gasteiger partial charge >= 0.3 is 6.03 Å². The van der Waals surface area contributed by atoms with Gasteiger partial charge in [-0.05, 0) is 68.2 Å². The number of nitrogens with zero attached hydrogens (tertiary/aromatic N) is 4. The third-order valence-electron chi connectivity index (χ3n) is 6.72. The summed E-state index contributed by atoms with van der Waals surface area (Å²) in [6.07, 6.45) is 9.44. The molecule has 2 aliphatic rings. The number of anilines is 2. The molecule has 0 spiro atoms. The molecule has 2 fully saturated rings. The molecule has 1 aromatic carbocycles. The van der Waals surface area contributed by atoms with Gasteiger partial charge in [-0.1, -0.05) is 11.2 Å². The molecule has 0 bridgehead atoms. The number of carbonyl (C=O) groups is 1. The molecule has 2 heterocycles. The smallest absolute Gasteiger partial charge is 0.319 e. The number of rotatable bonds is 8. The van der Waals surface area contributed by atoms with Gasteiger partial charge in [-0.3, -0.25) is 0 Å². The van der Waals surface area contributed by atoms with Crippen LogP contribution in [0.5, 0.6) is 0 Å². The predicted molar refractivity (Wildman–Crippen MR) is 137 cm³/mol. The molecule has 2 aromatic rings. The molecule has 4 rings (SSSR count). The van der Waals surface area contributed by atoms with Gasteiger partial charge in [0.1, 0.15) is 11.9 Å². The fraction of sp³-hybridized carbons (Fsp3) is 0.538. The zero-order chi connectivity index (χ0) is 25.3. The maximum absolute atomic E-state index is 14.6. The van der Waals surface area contributed by atoms with Gasteiger partial charge in [0.2, 0.25) is 5.95 Å². The molecule has 10 heteroatoms. The summed E-state index contributed by atoms with van der Waals surface area (Å²) in [4.78, 5) is 28.7. The Morgan fingerprint density at radius 1 is 1.19 bits per heavy atom. The molecule has 0 unspecified atom stereocenters. The summed E-state index contributed by atoms with van der Waals surface area (Å²) in [6.45, 7) is 4.00. The third-order valence-corrected chi connectivity index (χ3v) is 6.72. The maximum Gasteiger partial charge on any atom is 0.319 e. The minimum absolute atomic E-state index is 0.00698. The van der Waals surface area contributed by atoms with Crippen molar-refractivity contribution in [3.63, 3.8) is 0 Å². The van der Waals surface area contributed by atoms with Crippen molar-refractivity contribution < 1.29 is 19.1 Å². The number of aromatic nitrogens is 2. The summed E-state index contributed by atoms with van der Waals surface area (Å²) in [6, 6.07) is 4.51. The number of piperidine rings is 1. The summed E-state index contributed by atoms with van der Waals surface area (Å²) in [5, 5.41) is 18.3. The van der Waals surface area contributed by atoms with Gasteiger partial charge in [0.05, 0.1) is 11.4 Å². The lowest BCUT2D eigenvalue weighted by molar-refractivity contribution is 0.0406. The van der Waals surface area contributed by atoms with E-state index in [9.17, 15) is 9.18 Å². The molecule has 3 N–H and O–H groups in total. The summed E-state index contributed by atoms with van der Waals surface area (Å²) in [5.74, 6) is 0.573. The van der Waals surface area contributed by atoms with Crippen molar-refractivity contribution in [2.24, 2.45) is 5.16 Å². The van der Waals surface area contributed by atoms with Crippen LogP contribution in [0.15, 0.2) is 35.7 Å². The molecule has 0 atom stereocenters. The third kappa shape index (κ3) is 7.13. The number of amides is 2. The molecule has 9 nitrogen and oxygen atoms in total. The number of hydrogen-bond donors (Lipinski definition) is 3. The highest BCUT2D eigenvalue weighted by molar-refractivity contribution is 5.89. The number of aliphatic hydroxyl groups is 1. The highest BCUT2D eigenvalue weighted by Crippen LogP contribution is 2.33. The van der Waals surface area contributed by atoms with Crippen LogP contribution >= 0.6 is 0 Å². The molecule has 1 aromatic heterocycles. The van der Waals surface area contributed by atoms with E-state index in [2.05, 4.69) is 30.7 Å². The highest BCUT2D eigenvalue weighted by atomic mass is 19.1. The van der Waals surface area contributed by atoms with Crippen LogP contribution in [0.1, 0.15) is 62.0 Å². The van der Waals surface area contributed by atoms with Crippen molar-refractivity contribution in [3.8, 4) is 0 Å². The summed E-state index contributed by atoms with van der Waals surface area (Å²) < 4.78 is 14.6. The van der Waals surface area contributed by atoms with Crippen molar-refractivity contribution in [3.05, 3.63) is 47.5 Å². The molecule has 0 radical (unpaired) electrons. The van der Waals surface area contributed by atoms with Gasteiger partial charge in [-0.15, -0.1) is 0 Å². The summed E-state index contributed by atoms with van der Waals surface area (Å²) in [7, 11) is 0. The quantitative estimate of drug-likeness (QED) is 0.373. The van der Waals surface area contributed by atoms with E-state index in [1.54, 1.807) is 6.07 Å². The molecule has 1 saturated carbocycles. The second-order valence-corrected chi connectivity index (χ2v) is 9.48. The molecule has 1 saturated heterocycles. The van der Waals surface area contributed by atoms with Crippen LogP contribution in [-0.4, -0.2) is 59.2 Å². The fourth-order valence-corrected chi connectivity index (χ4v) is 4.57. The number of carbonyl (C=O) groups excluding carboxylic acids is 1. The standard InChI is InChI=1S/C26H35FN6O3/c1-18-16-29-25(30-17-18)33-12-9-22(10-13-33)36-32-21-6-3-19(4-7-21)20-5-8-24(23(27)15-20)31-26(35)28-11-2-14-34/h5,8,15-17,19,22,34H,2-4,6-7,9-14H2,1H3,(H2,28,31,35). The molecule has 1 aliphatic carbocycles. The van der Waals surface area contributed by atoms with Gasteiger partial charge in [0, 0.05) is 51.5 Å². The van der Waals surface area contributed by atoms with Gasteiger partial charge in [-0.2, -0.15) is 0 Å². The Kier molecular flexibility index (Phi) is 9.05. The molecule has 36 heavy (non-hydrogen) atoms. The predicted octanol–water partition coefficient (Wildman–Crippen LogP) is 4.13. The number of urea groups is 1. The van der Waals surface area contributed by atoms with E-state index in [0.29, 0.717) is 13.0 Å². The van der Waals surface area contributed by atoms with Gasteiger partial charge < -0.3 is 25.5 Å². The lowest BCUT2D eigenvalue weighted by atomic mass is 9.83. The van der Waals surface area contributed by atoms with Crippen LogP contribution in [-0.2, 0) is 4.84 Å². The number of aryl methyl sites for hydroxylation is 1. The van der Waals surface area contributed by atoms with Crippen LogP contribution in [0, 0.1) is 12.7 Å². The van der Waals surface area contributed by atoms with Crippen molar-refractivity contribution in [1.82, 2.24) is 15.3 Å². The molecule has 1 aliphatic heterocycles. The Morgan fingerprint density at radius 3 is 2.58 bits per heavy atom. The normalized spacial score (nSPS) is 18.6. The molecule has 194 valence electrons. The SMILES string of the molecule is Cc1cnc(N2CCC(ON=C3CCC(c4ccc(NC(=O)NCCCO)c(F)c4)CC3)CC2)nc1. The fourth-order valence-electron chi connectivity index (χ4n) is 4.57. The van der Waals surface area contributed by atoms with Crippen LogP contribution in [0.3, 0.4) is 0 Å². The number of aliphatic hydroxyl groups excluding tert-OH is 1. The van der Waals surface area contributed by atoms with Crippen LogP contribution in [0.4, 0.5) is 20.8 Å². The van der Waals surface area contributed by atoms with Crippen molar-refractivity contribution in [2.75, 3.05) is 36.5 Å². The van der Waals surface area contributed by atoms with Gasteiger partial charge in [0.25, 0.3) is 0 Å². The Labute approximate surface area is 211 Å². The van der Waals surface area contributed by atoms with Crippen LogP contribution < -0.4 is 15.5 Å². The molecule has 2 amide bonds. The first kappa shape index (κ1) is 25.8. The Bertz CT molecular complexity index is 1030. The first-order valence-corrected chi connectivity index (χ1v) is 12.7. The van der Waals surface area contributed by atoms with E-state index < -0.39 is 11.8 Å². The van der Waals surface area contributed by atoms with Crippen molar-refractivity contribution in [1.29, 1.82) is 0 Å². The second kappa shape index (κ2) is 12.6. The van der Waals surface area contributed by atoms with Gasteiger partial charge in [0.15, 0.2) is 0 Å². The van der Waals surface area contributed by atoms with E-state index in [-0.39, 0.29) is 24.3 Å².